The number of carbonyl (C=O) groups excluding carboxylic acids is 1. The van der Waals surface area contributed by atoms with Crippen molar-refractivity contribution in [3.05, 3.63) is 35.4 Å². The van der Waals surface area contributed by atoms with E-state index in [1.165, 1.54) is 0 Å². The number of hydrogen-bond donors (Lipinski definition) is 0. The van der Waals surface area contributed by atoms with Gasteiger partial charge in [0.2, 0.25) is 0 Å². The van der Waals surface area contributed by atoms with Crippen LogP contribution in [0.25, 0.3) is 0 Å². The smallest absolute Gasteiger partial charge is 0.309 e. The Balaban J connectivity index is 1.86. The van der Waals surface area contributed by atoms with E-state index in [1.807, 2.05) is 24.3 Å². The average Bonchev–Trinajstić information content (AvgIpc) is 2.70. The van der Waals surface area contributed by atoms with Gasteiger partial charge in [-0.2, -0.15) is 0 Å². The standard InChI is InChI=1S/C12H14O5S/c13-12(17-5-6-18(14,15)16)11-7-9-3-1-2-4-10(9)8-11/h1-4,11H,5-8H2,(H,14,15,16)/p-1. The molecular formula is C12H13O5S-. The molecule has 0 amide bonds. The molecule has 0 N–H and O–H groups in total. The van der Waals surface area contributed by atoms with E-state index < -0.39 is 21.8 Å². The first-order chi connectivity index (χ1) is 8.46. The van der Waals surface area contributed by atoms with Gasteiger partial charge in [-0.3, -0.25) is 4.79 Å². The molecule has 1 aliphatic rings. The summed E-state index contributed by atoms with van der Waals surface area (Å²) in [4.78, 5) is 11.7. The maximum absolute atomic E-state index is 11.7. The van der Waals surface area contributed by atoms with Crippen molar-refractivity contribution >= 4 is 16.1 Å². The number of rotatable bonds is 4. The number of benzene rings is 1. The van der Waals surface area contributed by atoms with Crippen molar-refractivity contribution in [2.75, 3.05) is 12.4 Å². The fourth-order valence-electron chi connectivity index (χ4n) is 2.09. The van der Waals surface area contributed by atoms with Gasteiger partial charge in [-0.05, 0) is 24.0 Å². The molecule has 1 aliphatic carbocycles. The van der Waals surface area contributed by atoms with E-state index >= 15 is 0 Å². The van der Waals surface area contributed by atoms with Crippen LogP contribution >= 0.6 is 0 Å². The highest BCUT2D eigenvalue weighted by atomic mass is 32.2. The summed E-state index contributed by atoms with van der Waals surface area (Å²) in [7, 11) is -4.32. The lowest BCUT2D eigenvalue weighted by atomic mass is 10.1. The Hall–Kier alpha value is -1.40. The summed E-state index contributed by atoms with van der Waals surface area (Å²) < 4.78 is 35.9. The second-order valence-electron chi connectivity index (χ2n) is 4.30. The molecule has 98 valence electrons. The van der Waals surface area contributed by atoms with E-state index in [0.29, 0.717) is 12.8 Å². The van der Waals surface area contributed by atoms with Crippen LogP contribution in [0.4, 0.5) is 0 Å². The molecule has 0 saturated heterocycles. The van der Waals surface area contributed by atoms with Gasteiger partial charge in [-0.1, -0.05) is 24.3 Å². The van der Waals surface area contributed by atoms with Crippen LogP contribution in [0.3, 0.4) is 0 Å². The summed E-state index contributed by atoms with van der Waals surface area (Å²) in [5.41, 5.74) is 2.24. The molecule has 0 fully saturated rings. The molecule has 2 rings (SSSR count). The van der Waals surface area contributed by atoms with E-state index in [0.717, 1.165) is 11.1 Å². The van der Waals surface area contributed by atoms with Crippen molar-refractivity contribution in [2.24, 2.45) is 5.92 Å². The highest BCUT2D eigenvalue weighted by Gasteiger charge is 2.28. The van der Waals surface area contributed by atoms with Crippen LogP contribution in [0.1, 0.15) is 11.1 Å². The van der Waals surface area contributed by atoms with E-state index in [2.05, 4.69) is 0 Å². The third-order valence-electron chi connectivity index (χ3n) is 2.96. The quantitative estimate of drug-likeness (QED) is 0.586. The molecule has 1 aromatic rings. The third kappa shape index (κ3) is 3.30. The minimum atomic E-state index is -4.32. The molecule has 6 heteroatoms. The van der Waals surface area contributed by atoms with Crippen LogP contribution in [-0.4, -0.2) is 31.3 Å². The highest BCUT2D eigenvalue weighted by molar-refractivity contribution is 7.85. The molecule has 18 heavy (non-hydrogen) atoms. The van der Waals surface area contributed by atoms with Gasteiger partial charge in [0.25, 0.3) is 0 Å². The van der Waals surface area contributed by atoms with Crippen molar-refractivity contribution < 1.29 is 22.5 Å². The summed E-state index contributed by atoms with van der Waals surface area (Å²) in [6, 6.07) is 7.75. The fraction of sp³-hybridized carbons (Fsp3) is 0.417. The van der Waals surface area contributed by atoms with Crippen molar-refractivity contribution in [3.8, 4) is 0 Å². The predicted molar refractivity (Wildman–Crippen MR) is 62.9 cm³/mol. The Kier molecular flexibility index (Phi) is 3.68. The van der Waals surface area contributed by atoms with Crippen molar-refractivity contribution in [2.45, 2.75) is 12.8 Å². The number of hydrogen-bond acceptors (Lipinski definition) is 5. The van der Waals surface area contributed by atoms with Crippen molar-refractivity contribution in [3.63, 3.8) is 0 Å². The summed E-state index contributed by atoms with van der Waals surface area (Å²) in [6.45, 7) is -0.364. The van der Waals surface area contributed by atoms with E-state index in [1.54, 1.807) is 0 Å². The van der Waals surface area contributed by atoms with Crippen LogP contribution in [0.5, 0.6) is 0 Å². The summed E-state index contributed by atoms with van der Waals surface area (Å²) >= 11 is 0. The zero-order chi connectivity index (χ0) is 13.2. The topological polar surface area (TPSA) is 83.5 Å². The molecule has 5 nitrogen and oxygen atoms in total. The number of esters is 1. The molecule has 0 aromatic heterocycles. The molecule has 0 unspecified atom stereocenters. The predicted octanol–water partition coefficient (Wildman–Crippen LogP) is 0.490. The minimum Gasteiger partial charge on any atom is -0.748 e. The molecule has 1 aromatic carbocycles. The first kappa shape index (κ1) is 13.0. The molecule has 0 spiro atoms. The first-order valence-electron chi connectivity index (χ1n) is 5.63. The molecule has 0 saturated carbocycles. The Labute approximate surface area is 106 Å². The SMILES string of the molecule is O=C(OCCS(=O)(=O)[O-])C1Cc2ccccc2C1. The number of fused-ring (bicyclic) bond motifs is 1. The van der Waals surface area contributed by atoms with Crippen LogP contribution in [-0.2, 0) is 32.5 Å². The number of ether oxygens (including phenoxy) is 1. The minimum absolute atomic E-state index is 0.267. The molecular weight excluding hydrogens is 256 g/mol. The van der Waals surface area contributed by atoms with E-state index in [9.17, 15) is 17.8 Å². The second kappa shape index (κ2) is 5.07. The Morgan fingerprint density at radius 1 is 1.28 bits per heavy atom. The van der Waals surface area contributed by atoms with Crippen LogP contribution in [0, 0.1) is 5.92 Å². The van der Waals surface area contributed by atoms with E-state index in [-0.39, 0.29) is 12.5 Å². The second-order valence-corrected chi connectivity index (χ2v) is 5.83. The van der Waals surface area contributed by atoms with Crippen molar-refractivity contribution in [1.82, 2.24) is 0 Å². The zero-order valence-electron chi connectivity index (χ0n) is 9.66. The van der Waals surface area contributed by atoms with Gasteiger partial charge in [0, 0.05) is 0 Å². The van der Waals surface area contributed by atoms with Gasteiger partial charge in [0.15, 0.2) is 0 Å². The van der Waals surface area contributed by atoms with Gasteiger partial charge in [0.1, 0.15) is 6.61 Å². The Bertz CT molecular complexity index is 524. The number of carbonyl (C=O) groups is 1. The normalized spacial score (nSPS) is 15.4. The summed E-state index contributed by atoms with van der Waals surface area (Å²) in [5, 5.41) is 0. The molecule has 0 heterocycles. The fourth-order valence-corrected chi connectivity index (χ4v) is 2.38. The van der Waals surface area contributed by atoms with Crippen LogP contribution in [0.15, 0.2) is 24.3 Å². The molecule has 0 aliphatic heterocycles. The summed E-state index contributed by atoms with van der Waals surface area (Å²) in [6.07, 6.45) is 1.22. The largest absolute Gasteiger partial charge is 0.748 e. The lowest BCUT2D eigenvalue weighted by Crippen LogP contribution is -2.21. The first-order valence-corrected chi connectivity index (χ1v) is 7.20. The maximum atomic E-state index is 11.7. The van der Waals surface area contributed by atoms with Gasteiger partial charge >= 0.3 is 5.97 Å². The van der Waals surface area contributed by atoms with Crippen LogP contribution in [0.2, 0.25) is 0 Å². The summed E-state index contributed by atoms with van der Waals surface area (Å²) in [5.74, 6) is -1.37. The van der Waals surface area contributed by atoms with E-state index in [4.69, 9.17) is 4.74 Å². The third-order valence-corrected chi connectivity index (χ3v) is 3.63. The van der Waals surface area contributed by atoms with Gasteiger partial charge < -0.3 is 9.29 Å². The van der Waals surface area contributed by atoms with Gasteiger partial charge in [-0.15, -0.1) is 0 Å². The lowest BCUT2D eigenvalue weighted by molar-refractivity contribution is -0.147. The monoisotopic (exact) mass is 269 g/mol. The maximum Gasteiger partial charge on any atom is 0.309 e. The molecule has 0 bridgehead atoms. The lowest BCUT2D eigenvalue weighted by Gasteiger charge is -2.11. The molecule has 0 atom stereocenters. The highest BCUT2D eigenvalue weighted by Crippen LogP contribution is 2.27. The average molecular weight is 269 g/mol. The Morgan fingerprint density at radius 2 is 1.83 bits per heavy atom. The zero-order valence-corrected chi connectivity index (χ0v) is 10.5. The van der Waals surface area contributed by atoms with Gasteiger partial charge in [-0.25, -0.2) is 8.42 Å². The van der Waals surface area contributed by atoms with Crippen LogP contribution < -0.4 is 0 Å². The van der Waals surface area contributed by atoms with Crippen molar-refractivity contribution in [1.29, 1.82) is 0 Å². The van der Waals surface area contributed by atoms with Gasteiger partial charge in [0.05, 0.1) is 21.8 Å². The molecule has 0 radical (unpaired) electrons. The Morgan fingerprint density at radius 3 is 2.33 bits per heavy atom.